The van der Waals surface area contributed by atoms with Gasteiger partial charge in [-0.15, -0.1) is 0 Å². The first kappa shape index (κ1) is 58.7. The molecule has 1 fully saturated rings. The lowest BCUT2D eigenvalue weighted by atomic mass is 9.83. The number of nitrogens with zero attached hydrogens (tertiary/aromatic N) is 2. The number of aromatic nitrogens is 1. The number of guanidine groups is 2. The number of ketones is 2. The van der Waals surface area contributed by atoms with E-state index in [0.29, 0.717) is 11.1 Å². The van der Waals surface area contributed by atoms with Crippen LogP contribution in [-0.4, -0.2) is 131 Å². The third-order valence-electron chi connectivity index (χ3n) is 12.5. The number of amides is 6. The van der Waals surface area contributed by atoms with E-state index in [9.17, 15) is 48.3 Å². The number of H-pyrrole nitrogens is 1. The van der Waals surface area contributed by atoms with Crippen molar-refractivity contribution in [2.45, 2.75) is 121 Å². The molecular formula is C50H72N14O10. The van der Waals surface area contributed by atoms with Gasteiger partial charge >= 0.3 is 5.97 Å². The summed E-state index contributed by atoms with van der Waals surface area (Å²) in [6.45, 7) is 1.15. The van der Waals surface area contributed by atoms with E-state index in [0.717, 1.165) is 10.9 Å². The summed E-state index contributed by atoms with van der Waals surface area (Å²) in [5.41, 5.74) is 30.1. The number of carbonyl (C=O) groups is 9. The standard InChI is InChI=1S/C50H72N14O10/c1-29(65)60-36(16-9-22-58-50(54)55)45(70)62-38-19-23-56-43(68)17-7-15-39(48(73)74)63-44(69)32(25-33-28-59-35-14-6-5-13-34(33)35)27-41(66)31(12-8-21-57-49(52)53)26-42(67)40(24-30-10-3-2-4-11-30)64-46(71)37(18-20-51)61-47(38)72/h2-6,10-11,13-14,28,31-32,36-40,59H,7-9,12,15-27,51H2,1H3,(H,56,68)(H,60,65)(H,61,72)(H,62,70)(H,63,69)(H,64,71)(H,73,74)(H4,52,53,57)(H4,54,55,58)/t31-,32-,36+,37+,38+,39+,40-/m1/s1. The number of aromatic amines is 1. The van der Waals surface area contributed by atoms with Gasteiger partial charge in [0.05, 0.1) is 6.04 Å². The van der Waals surface area contributed by atoms with E-state index in [-0.39, 0.29) is 109 Å². The molecule has 6 amide bonds. The van der Waals surface area contributed by atoms with Crippen LogP contribution < -0.4 is 60.6 Å². The molecule has 0 spiro atoms. The molecule has 1 aliphatic rings. The van der Waals surface area contributed by atoms with Gasteiger partial charge in [-0.05, 0) is 87.9 Å². The van der Waals surface area contributed by atoms with Crippen LogP contribution in [0.15, 0.2) is 70.8 Å². The third kappa shape index (κ3) is 20.0. The Morgan fingerprint density at radius 2 is 1.42 bits per heavy atom. The number of aliphatic imine (C=N–C) groups is 2. The number of fused-ring (bicyclic) bond motifs is 1. The number of rotatable bonds is 18. The summed E-state index contributed by atoms with van der Waals surface area (Å²) in [4.78, 5) is 135. The minimum Gasteiger partial charge on any atom is -0.480 e. The fourth-order valence-electron chi connectivity index (χ4n) is 8.63. The van der Waals surface area contributed by atoms with E-state index in [1.165, 1.54) is 6.92 Å². The van der Waals surface area contributed by atoms with Crippen molar-refractivity contribution in [3.05, 3.63) is 71.9 Å². The molecule has 1 saturated heterocycles. The number of carboxylic acids is 1. The molecule has 0 unspecified atom stereocenters. The van der Waals surface area contributed by atoms with Crippen LogP contribution in [0.3, 0.4) is 0 Å². The highest BCUT2D eigenvalue weighted by Gasteiger charge is 2.35. The summed E-state index contributed by atoms with van der Waals surface area (Å²) in [6.07, 6.45) is 0.836. The molecule has 2 aromatic carbocycles. The van der Waals surface area contributed by atoms with Crippen molar-refractivity contribution >= 4 is 75.8 Å². The number of nitrogens with one attached hydrogen (secondary N) is 7. The molecule has 18 N–H and O–H groups in total. The van der Waals surface area contributed by atoms with Gasteiger partial charge in [0.2, 0.25) is 35.4 Å². The third-order valence-corrected chi connectivity index (χ3v) is 12.5. The maximum Gasteiger partial charge on any atom is 0.326 e. The Balaban J connectivity index is 1.75. The van der Waals surface area contributed by atoms with Crippen LogP contribution in [0.4, 0.5) is 0 Å². The van der Waals surface area contributed by atoms with E-state index in [1.807, 2.05) is 24.3 Å². The van der Waals surface area contributed by atoms with Gasteiger partial charge in [-0.3, -0.25) is 48.3 Å². The molecule has 24 heteroatoms. The number of carbonyl (C=O) groups excluding carboxylic acids is 8. The summed E-state index contributed by atoms with van der Waals surface area (Å²) in [7, 11) is 0. The maximum absolute atomic E-state index is 14.7. The first-order valence-electron chi connectivity index (χ1n) is 24.8. The average Bonchev–Trinajstić information content (AvgIpc) is 3.76. The Hall–Kier alpha value is -7.89. The zero-order chi connectivity index (χ0) is 54.2. The van der Waals surface area contributed by atoms with Crippen LogP contribution in [0.5, 0.6) is 0 Å². The minimum absolute atomic E-state index is 0.00592. The maximum atomic E-state index is 14.7. The van der Waals surface area contributed by atoms with Gasteiger partial charge in [0, 0.05) is 74.8 Å². The molecule has 0 bridgehead atoms. The van der Waals surface area contributed by atoms with E-state index in [4.69, 9.17) is 28.7 Å². The summed E-state index contributed by atoms with van der Waals surface area (Å²) in [6, 6.07) is 9.47. The zero-order valence-electron chi connectivity index (χ0n) is 41.7. The molecule has 24 nitrogen and oxygen atoms in total. The summed E-state index contributed by atoms with van der Waals surface area (Å²) < 4.78 is 0. The smallest absolute Gasteiger partial charge is 0.326 e. The molecule has 2 heterocycles. The lowest BCUT2D eigenvalue weighted by molar-refractivity contribution is -0.143. The van der Waals surface area contributed by atoms with Crippen molar-refractivity contribution in [2.75, 3.05) is 26.2 Å². The van der Waals surface area contributed by atoms with Crippen LogP contribution >= 0.6 is 0 Å². The highest BCUT2D eigenvalue weighted by atomic mass is 16.4. The fraction of sp³-hybridized carbons (Fsp3) is 0.500. The lowest BCUT2D eigenvalue weighted by Crippen LogP contribution is -2.58. The van der Waals surface area contributed by atoms with Gasteiger partial charge in [-0.2, -0.15) is 0 Å². The predicted octanol–water partition coefficient (Wildman–Crippen LogP) is -1.22. The zero-order valence-corrected chi connectivity index (χ0v) is 41.7. The Labute approximate surface area is 429 Å². The summed E-state index contributed by atoms with van der Waals surface area (Å²) >= 11 is 0. The molecule has 1 aromatic heterocycles. The number of benzene rings is 2. The van der Waals surface area contributed by atoms with Gasteiger partial charge in [-0.25, -0.2) is 4.79 Å². The van der Waals surface area contributed by atoms with Crippen LogP contribution in [-0.2, 0) is 56.0 Å². The topological polar surface area (TPSA) is 417 Å². The molecule has 402 valence electrons. The molecule has 0 radical (unpaired) electrons. The van der Waals surface area contributed by atoms with Gasteiger partial charge in [0.25, 0.3) is 0 Å². The minimum atomic E-state index is -1.46. The van der Waals surface area contributed by atoms with Crippen LogP contribution in [0.1, 0.15) is 88.7 Å². The van der Waals surface area contributed by atoms with Crippen molar-refractivity contribution in [3.63, 3.8) is 0 Å². The number of aliphatic carboxylic acids is 1. The lowest BCUT2D eigenvalue weighted by Gasteiger charge is -2.27. The highest BCUT2D eigenvalue weighted by Crippen LogP contribution is 2.26. The molecule has 0 saturated carbocycles. The molecular weight excluding hydrogens is 957 g/mol. The van der Waals surface area contributed by atoms with Crippen LogP contribution in [0.2, 0.25) is 0 Å². The normalized spacial score (nSPS) is 21.4. The Kier molecular flexibility index (Phi) is 24.0. The van der Waals surface area contributed by atoms with E-state index < -0.39 is 108 Å². The largest absolute Gasteiger partial charge is 0.480 e. The monoisotopic (exact) mass is 1030 g/mol. The number of hydrogen-bond acceptors (Lipinski definition) is 12. The number of hydrogen-bond donors (Lipinski definition) is 13. The Morgan fingerprint density at radius 3 is 2.09 bits per heavy atom. The Morgan fingerprint density at radius 1 is 0.757 bits per heavy atom. The number of nitrogens with two attached hydrogens (primary N) is 5. The molecule has 0 aliphatic carbocycles. The fourth-order valence-corrected chi connectivity index (χ4v) is 8.63. The second-order valence-electron chi connectivity index (χ2n) is 18.3. The second kappa shape index (κ2) is 30.2. The number of para-hydroxylation sites is 1. The van der Waals surface area contributed by atoms with Gasteiger partial charge in [0.1, 0.15) is 30.0 Å². The number of carboxylic acid groups (broad SMARTS) is 1. The van der Waals surface area contributed by atoms with Gasteiger partial charge in [0.15, 0.2) is 17.7 Å². The SMILES string of the molecule is CC(=O)N[C@@H](CCCN=C(N)N)C(=O)N[C@H]1CCNC(=O)CCC[C@@H](C(=O)O)NC(=O)[C@H](Cc2c[nH]c3ccccc23)CC(=O)[C@H](CCCN=C(N)N)CC(=O)[C@@H](Cc2ccccc2)NC(=O)[C@H](CCN)NC1=O. The highest BCUT2D eigenvalue weighted by molar-refractivity contribution is 5.98. The Bertz CT molecular complexity index is 2470. The quantitative estimate of drug-likeness (QED) is 0.0404. The van der Waals surface area contributed by atoms with Crippen molar-refractivity contribution < 1.29 is 48.3 Å². The first-order chi connectivity index (χ1) is 35.3. The van der Waals surface area contributed by atoms with Crippen LogP contribution in [0, 0.1) is 11.8 Å². The summed E-state index contributed by atoms with van der Waals surface area (Å²) in [5.74, 6) is -9.14. The molecule has 7 atom stereocenters. The van der Waals surface area contributed by atoms with Gasteiger partial charge < -0.3 is 70.7 Å². The molecule has 4 rings (SSSR count). The summed E-state index contributed by atoms with van der Waals surface area (Å²) in [5, 5.41) is 26.9. The van der Waals surface area contributed by atoms with Crippen molar-refractivity contribution in [2.24, 2.45) is 50.5 Å². The second-order valence-corrected chi connectivity index (χ2v) is 18.3. The van der Waals surface area contributed by atoms with E-state index >= 15 is 0 Å². The van der Waals surface area contributed by atoms with Crippen LogP contribution in [0.25, 0.3) is 10.9 Å². The van der Waals surface area contributed by atoms with E-state index in [1.54, 1.807) is 36.5 Å². The first-order valence-corrected chi connectivity index (χ1v) is 24.8. The van der Waals surface area contributed by atoms with Crippen molar-refractivity contribution in [1.29, 1.82) is 0 Å². The molecule has 3 aromatic rings. The number of Topliss-reactive ketones (excluding diaryl/α,β-unsaturated/α-hetero) is 2. The van der Waals surface area contributed by atoms with Gasteiger partial charge in [-0.1, -0.05) is 48.5 Å². The van der Waals surface area contributed by atoms with Crippen molar-refractivity contribution in [1.82, 2.24) is 36.9 Å². The average molecular weight is 1030 g/mol. The van der Waals surface area contributed by atoms with E-state index in [2.05, 4.69) is 46.9 Å². The van der Waals surface area contributed by atoms with Crippen molar-refractivity contribution in [3.8, 4) is 0 Å². The predicted molar refractivity (Wildman–Crippen MR) is 276 cm³/mol. The molecule has 1 aliphatic heterocycles. The molecule has 74 heavy (non-hydrogen) atoms.